The van der Waals surface area contributed by atoms with Gasteiger partial charge in [0.05, 0.1) is 30.1 Å². The number of anilines is 1. The Balaban J connectivity index is 2.04. The van der Waals surface area contributed by atoms with Gasteiger partial charge in [-0.3, -0.25) is 24.7 Å². The Labute approximate surface area is 117 Å². The summed E-state index contributed by atoms with van der Waals surface area (Å²) < 4.78 is 4.75. The average molecular weight is 291 g/mol. The largest absolute Gasteiger partial charge is 0.481 e. The van der Waals surface area contributed by atoms with Gasteiger partial charge in [0.25, 0.3) is 5.91 Å². The molecule has 21 heavy (non-hydrogen) atoms. The number of rotatable bonds is 5. The molecule has 1 amide bonds. The Morgan fingerprint density at radius 1 is 1.33 bits per heavy atom. The number of carbonyl (C=O) groups excluding carboxylic acids is 1. The standard InChI is InChI=1S/C12H9N3O6/c16-11(17)5-7-1-2-8(6-13-7)14-12(18)9-3-4-10(21-9)15(19)20/h1-4,6H,5H2,(H,14,18)(H,16,17). The van der Waals surface area contributed by atoms with Crippen LogP contribution in [0.1, 0.15) is 16.2 Å². The molecule has 0 spiro atoms. The lowest BCUT2D eigenvalue weighted by Gasteiger charge is -2.03. The average Bonchev–Trinajstić information content (AvgIpc) is 2.90. The molecule has 0 bridgehead atoms. The van der Waals surface area contributed by atoms with Crippen molar-refractivity contribution in [1.82, 2.24) is 4.98 Å². The van der Waals surface area contributed by atoms with Crippen LogP contribution in [0.5, 0.6) is 0 Å². The summed E-state index contributed by atoms with van der Waals surface area (Å²) in [5, 5.41) is 21.5. The predicted molar refractivity (Wildman–Crippen MR) is 68.9 cm³/mol. The molecular formula is C12H9N3O6. The number of hydrogen-bond donors (Lipinski definition) is 2. The zero-order chi connectivity index (χ0) is 15.4. The van der Waals surface area contributed by atoms with Gasteiger partial charge in [-0.1, -0.05) is 0 Å². The minimum Gasteiger partial charge on any atom is -0.481 e. The van der Waals surface area contributed by atoms with Crippen molar-refractivity contribution in [2.24, 2.45) is 0 Å². The molecule has 0 aliphatic rings. The number of hydrogen-bond acceptors (Lipinski definition) is 6. The van der Waals surface area contributed by atoms with Gasteiger partial charge in [0.2, 0.25) is 0 Å². The van der Waals surface area contributed by atoms with Gasteiger partial charge in [-0.25, -0.2) is 0 Å². The summed E-state index contributed by atoms with van der Waals surface area (Å²) in [6, 6.07) is 5.18. The molecule has 0 aliphatic carbocycles. The van der Waals surface area contributed by atoms with E-state index in [1.54, 1.807) is 0 Å². The first-order chi connectivity index (χ1) is 9.95. The number of aliphatic carboxylic acids is 1. The summed E-state index contributed by atoms with van der Waals surface area (Å²) in [6.45, 7) is 0. The molecule has 0 aliphatic heterocycles. The first kappa shape index (κ1) is 14.2. The number of carboxylic acid groups (broad SMARTS) is 1. The number of aromatic nitrogens is 1. The van der Waals surface area contributed by atoms with Crippen molar-refractivity contribution < 1.29 is 24.0 Å². The van der Waals surface area contributed by atoms with Gasteiger partial charge in [0.1, 0.15) is 4.92 Å². The van der Waals surface area contributed by atoms with E-state index in [2.05, 4.69) is 10.3 Å². The lowest BCUT2D eigenvalue weighted by Crippen LogP contribution is -2.11. The van der Waals surface area contributed by atoms with Crippen LogP contribution in [0.25, 0.3) is 0 Å². The van der Waals surface area contributed by atoms with Gasteiger partial charge < -0.3 is 14.8 Å². The van der Waals surface area contributed by atoms with Crippen LogP contribution in [-0.2, 0) is 11.2 Å². The molecule has 0 unspecified atom stereocenters. The van der Waals surface area contributed by atoms with Crippen LogP contribution >= 0.6 is 0 Å². The Morgan fingerprint density at radius 2 is 2.10 bits per heavy atom. The van der Waals surface area contributed by atoms with Crippen molar-refractivity contribution in [3.63, 3.8) is 0 Å². The third-order valence-electron chi connectivity index (χ3n) is 2.41. The number of furan rings is 1. The molecule has 2 N–H and O–H groups in total. The third kappa shape index (κ3) is 3.62. The normalized spacial score (nSPS) is 10.1. The van der Waals surface area contributed by atoms with Crippen LogP contribution in [0, 0.1) is 10.1 Å². The molecule has 0 fully saturated rings. The minimum atomic E-state index is -1.01. The highest BCUT2D eigenvalue weighted by atomic mass is 16.6. The van der Waals surface area contributed by atoms with E-state index in [4.69, 9.17) is 9.52 Å². The second kappa shape index (κ2) is 5.82. The number of nitrogens with zero attached hydrogens (tertiary/aromatic N) is 2. The smallest absolute Gasteiger partial charge is 0.433 e. The quantitative estimate of drug-likeness (QED) is 0.628. The number of nitrogens with one attached hydrogen (secondary N) is 1. The van der Waals surface area contributed by atoms with Gasteiger partial charge >= 0.3 is 11.9 Å². The summed E-state index contributed by atoms with van der Waals surface area (Å²) in [4.78, 5) is 35.8. The summed E-state index contributed by atoms with van der Waals surface area (Å²) in [5.41, 5.74) is 0.655. The van der Waals surface area contributed by atoms with Crippen molar-refractivity contribution in [2.75, 3.05) is 5.32 Å². The molecule has 0 radical (unpaired) electrons. The highest BCUT2D eigenvalue weighted by Crippen LogP contribution is 2.17. The molecule has 2 aromatic heterocycles. The molecule has 2 heterocycles. The van der Waals surface area contributed by atoms with Crippen molar-refractivity contribution in [3.05, 3.63) is 52.0 Å². The third-order valence-corrected chi connectivity index (χ3v) is 2.41. The van der Waals surface area contributed by atoms with Crippen LogP contribution in [0.4, 0.5) is 11.6 Å². The molecular weight excluding hydrogens is 282 g/mol. The Hall–Kier alpha value is -3.23. The van der Waals surface area contributed by atoms with E-state index in [1.807, 2.05) is 0 Å². The molecule has 2 aromatic rings. The maximum atomic E-state index is 11.8. The molecule has 9 nitrogen and oxygen atoms in total. The van der Waals surface area contributed by atoms with E-state index in [-0.39, 0.29) is 12.2 Å². The fourth-order valence-corrected chi connectivity index (χ4v) is 1.50. The Bertz CT molecular complexity index is 691. The zero-order valence-electron chi connectivity index (χ0n) is 10.5. The van der Waals surface area contributed by atoms with E-state index in [0.29, 0.717) is 11.4 Å². The van der Waals surface area contributed by atoms with Crippen molar-refractivity contribution >= 4 is 23.4 Å². The molecule has 108 valence electrons. The van der Waals surface area contributed by atoms with E-state index in [0.717, 1.165) is 6.07 Å². The Kier molecular flexibility index (Phi) is 3.93. The highest BCUT2D eigenvalue weighted by Gasteiger charge is 2.17. The summed E-state index contributed by atoms with van der Waals surface area (Å²) >= 11 is 0. The number of carboxylic acids is 1. The maximum Gasteiger partial charge on any atom is 0.433 e. The molecule has 0 aromatic carbocycles. The van der Waals surface area contributed by atoms with Crippen LogP contribution in [0.15, 0.2) is 34.9 Å². The van der Waals surface area contributed by atoms with Crippen molar-refractivity contribution in [2.45, 2.75) is 6.42 Å². The topological polar surface area (TPSA) is 136 Å². The van der Waals surface area contributed by atoms with Crippen LogP contribution in [-0.4, -0.2) is 26.9 Å². The molecule has 0 atom stereocenters. The monoisotopic (exact) mass is 291 g/mol. The SMILES string of the molecule is O=C(O)Cc1ccc(NC(=O)c2ccc([N+](=O)[O-])o2)cn1. The van der Waals surface area contributed by atoms with Gasteiger partial charge in [0.15, 0.2) is 5.76 Å². The molecule has 2 rings (SSSR count). The van der Waals surface area contributed by atoms with Crippen LogP contribution in [0.3, 0.4) is 0 Å². The van der Waals surface area contributed by atoms with Gasteiger partial charge in [-0.05, 0) is 18.2 Å². The lowest BCUT2D eigenvalue weighted by atomic mass is 10.2. The molecule has 0 saturated heterocycles. The van der Waals surface area contributed by atoms with Crippen LogP contribution < -0.4 is 5.32 Å². The lowest BCUT2D eigenvalue weighted by molar-refractivity contribution is -0.402. The zero-order valence-corrected chi connectivity index (χ0v) is 10.5. The minimum absolute atomic E-state index is 0.212. The first-order valence-electron chi connectivity index (χ1n) is 5.68. The molecule has 9 heteroatoms. The summed E-state index contributed by atoms with van der Waals surface area (Å²) in [5.74, 6) is -2.43. The van der Waals surface area contributed by atoms with Crippen LogP contribution in [0.2, 0.25) is 0 Å². The van der Waals surface area contributed by atoms with E-state index in [1.165, 1.54) is 24.4 Å². The summed E-state index contributed by atoms with van der Waals surface area (Å²) in [7, 11) is 0. The maximum absolute atomic E-state index is 11.8. The number of amides is 1. The highest BCUT2D eigenvalue weighted by molar-refractivity contribution is 6.02. The van der Waals surface area contributed by atoms with E-state index >= 15 is 0 Å². The Morgan fingerprint density at radius 3 is 2.62 bits per heavy atom. The molecule has 0 saturated carbocycles. The fourth-order valence-electron chi connectivity index (χ4n) is 1.50. The second-order valence-electron chi connectivity index (χ2n) is 3.96. The predicted octanol–water partition coefficient (Wildman–Crippen LogP) is 1.46. The summed E-state index contributed by atoms with van der Waals surface area (Å²) in [6.07, 6.45) is 1.06. The van der Waals surface area contributed by atoms with E-state index in [9.17, 15) is 19.7 Å². The van der Waals surface area contributed by atoms with Crippen molar-refractivity contribution in [1.29, 1.82) is 0 Å². The van der Waals surface area contributed by atoms with E-state index < -0.39 is 22.7 Å². The first-order valence-corrected chi connectivity index (χ1v) is 5.68. The number of carbonyl (C=O) groups is 2. The number of nitro groups is 1. The number of pyridine rings is 1. The van der Waals surface area contributed by atoms with Gasteiger partial charge in [-0.2, -0.15) is 0 Å². The fraction of sp³-hybridized carbons (Fsp3) is 0.0833. The van der Waals surface area contributed by atoms with Gasteiger partial charge in [-0.15, -0.1) is 0 Å². The van der Waals surface area contributed by atoms with Crippen molar-refractivity contribution in [3.8, 4) is 0 Å². The van der Waals surface area contributed by atoms with Gasteiger partial charge in [0, 0.05) is 0 Å². The second-order valence-corrected chi connectivity index (χ2v) is 3.96.